The van der Waals surface area contributed by atoms with E-state index in [1.807, 2.05) is 0 Å². The summed E-state index contributed by atoms with van der Waals surface area (Å²) >= 11 is 0. The molecule has 0 rings (SSSR count). The van der Waals surface area contributed by atoms with Gasteiger partial charge < -0.3 is 19.8 Å². The van der Waals surface area contributed by atoms with Crippen LogP contribution in [0.2, 0.25) is 0 Å². The molecule has 1 radical (unpaired) electrons. The van der Waals surface area contributed by atoms with E-state index in [9.17, 15) is 19.8 Å². The number of carbonyl (C=O) groups is 2. The number of carboxylic acid groups (broad SMARTS) is 2. The van der Waals surface area contributed by atoms with Crippen LogP contribution in [-0.4, -0.2) is 29.3 Å². The molecule has 0 bridgehead atoms. The molecule has 0 aromatic carbocycles. The fraction of sp³-hybridized carbons (Fsp3) is 0.938. The molecule has 0 aromatic rings. The molecule has 4 nitrogen and oxygen atoms in total. The first-order chi connectivity index (χ1) is 17.4. The maximum Gasteiger partial charge on any atom is 2.00 e. The van der Waals surface area contributed by atoms with E-state index in [4.69, 9.17) is 0 Å². The summed E-state index contributed by atoms with van der Waals surface area (Å²) in [6.07, 6.45) is 31.0. The van der Waals surface area contributed by atoms with Gasteiger partial charge in [-0.15, -0.1) is 0 Å². The SMILES string of the molecule is CC(C)CCCCCCCCCCCCCCC(=O)[O-].CCCCCCCCCCCCCC(=O)[O-].[Al+2]. The van der Waals surface area contributed by atoms with E-state index in [0.29, 0.717) is 0 Å². The van der Waals surface area contributed by atoms with Crippen molar-refractivity contribution in [1.29, 1.82) is 0 Å². The van der Waals surface area contributed by atoms with Crippen molar-refractivity contribution in [3.8, 4) is 0 Å². The molecule has 0 saturated heterocycles. The summed E-state index contributed by atoms with van der Waals surface area (Å²) in [6.45, 7) is 6.85. The molecular formula is C32H62AlO4. The van der Waals surface area contributed by atoms with Gasteiger partial charge in [0.2, 0.25) is 0 Å². The normalized spacial score (nSPS) is 10.6. The maximum absolute atomic E-state index is 10.2. The van der Waals surface area contributed by atoms with Gasteiger partial charge in [0, 0.05) is 11.9 Å². The van der Waals surface area contributed by atoms with Crippen LogP contribution < -0.4 is 10.2 Å². The number of aliphatic carboxylic acids is 2. The smallest absolute Gasteiger partial charge is 0.550 e. The number of carboxylic acids is 2. The third kappa shape index (κ3) is 45.8. The minimum atomic E-state index is -0.907. The zero-order valence-corrected chi connectivity index (χ0v) is 26.3. The van der Waals surface area contributed by atoms with E-state index >= 15 is 0 Å². The quantitative estimate of drug-likeness (QED) is 0.0787. The molecule has 0 amide bonds. The third-order valence-electron chi connectivity index (χ3n) is 6.90. The van der Waals surface area contributed by atoms with Crippen LogP contribution in [0.3, 0.4) is 0 Å². The van der Waals surface area contributed by atoms with E-state index in [1.165, 1.54) is 128 Å². The van der Waals surface area contributed by atoms with E-state index in [0.717, 1.165) is 31.6 Å². The van der Waals surface area contributed by atoms with Gasteiger partial charge in [0.15, 0.2) is 0 Å². The summed E-state index contributed by atoms with van der Waals surface area (Å²) in [5, 5.41) is 20.4. The Morgan fingerprint density at radius 3 is 0.946 bits per heavy atom. The van der Waals surface area contributed by atoms with E-state index < -0.39 is 11.9 Å². The molecule has 0 spiro atoms. The predicted molar refractivity (Wildman–Crippen MR) is 156 cm³/mol. The molecule has 0 aliphatic heterocycles. The standard InChI is InChI=1S/C18H36O2.C14H28O2.Al/c1-17(2)15-13-11-9-7-5-3-4-6-8-10-12-14-16-18(19)20;1-2-3-4-5-6-7-8-9-10-11-12-13-14(15)16;/h17H,3-16H2,1-2H3,(H,19,20);2-13H2,1H3,(H,15,16);/q;;+2/p-2. The second kappa shape index (κ2) is 35.5. The van der Waals surface area contributed by atoms with Gasteiger partial charge in [-0.05, 0) is 31.6 Å². The third-order valence-corrected chi connectivity index (χ3v) is 6.90. The minimum absolute atomic E-state index is 0. The molecule has 0 fully saturated rings. The Morgan fingerprint density at radius 2 is 0.703 bits per heavy atom. The summed E-state index contributed by atoms with van der Waals surface area (Å²) in [4.78, 5) is 20.4. The van der Waals surface area contributed by atoms with Crippen molar-refractivity contribution >= 4 is 29.3 Å². The summed E-state index contributed by atoms with van der Waals surface area (Å²) < 4.78 is 0. The Hall–Kier alpha value is -0.528. The van der Waals surface area contributed by atoms with Crippen LogP contribution in [0.25, 0.3) is 0 Å². The van der Waals surface area contributed by atoms with Crippen molar-refractivity contribution in [2.75, 3.05) is 0 Å². The van der Waals surface area contributed by atoms with E-state index in [1.54, 1.807) is 0 Å². The summed E-state index contributed by atoms with van der Waals surface area (Å²) in [5.74, 6) is -0.948. The van der Waals surface area contributed by atoms with Crippen molar-refractivity contribution in [3.63, 3.8) is 0 Å². The minimum Gasteiger partial charge on any atom is -0.550 e. The van der Waals surface area contributed by atoms with Crippen LogP contribution in [0.4, 0.5) is 0 Å². The van der Waals surface area contributed by atoms with Gasteiger partial charge in [-0.3, -0.25) is 0 Å². The average molecular weight is 538 g/mol. The summed E-state index contributed by atoms with van der Waals surface area (Å²) in [5.41, 5.74) is 0. The van der Waals surface area contributed by atoms with Gasteiger partial charge in [-0.1, -0.05) is 162 Å². The monoisotopic (exact) mass is 537 g/mol. The molecule has 0 saturated carbocycles. The Kier molecular flexibility index (Phi) is 39.3. The Balaban J connectivity index is -0.000000623. The van der Waals surface area contributed by atoms with Crippen LogP contribution in [0, 0.1) is 5.92 Å². The molecule has 0 unspecified atom stereocenters. The van der Waals surface area contributed by atoms with Gasteiger partial charge in [-0.2, -0.15) is 0 Å². The Bertz CT molecular complexity index is 454. The van der Waals surface area contributed by atoms with Gasteiger partial charge in [0.05, 0.1) is 0 Å². The average Bonchev–Trinajstić information content (AvgIpc) is 2.82. The maximum atomic E-state index is 10.2. The van der Waals surface area contributed by atoms with Crippen LogP contribution in [0.15, 0.2) is 0 Å². The number of carbonyl (C=O) groups excluding carboxylic acids is 2. The van der Waals surface area contributed by atoms with E-state index in [2.05, 4.69) is 20.8 Å². The van der Waals surface area contributed by atoms with Crippen LogP contribution in [0.1, 0.15) is 188 Å². The molecule has 0 aliphatic carbocycles. The first kappa shape index (κ1) is 41.0. The van der Waals surface area contributed by atoms with Gasteiger partial charge in [-0.25, -0.2) is 0 Å². The van der Waals surface area contributed by atoms with Gasteiger partial charge in [0.25, 0.3) is 0 Å². The van der Waals surface area contributed by atoms with E-state index in [-0.39, 0.29) is 30.2 Å². The summed E-state index contributed by atoms with van der Waals surface area (Å²) in [7, 11) is 0. The molecule has 5 heteroatoms. The molecule has 0 aromatic heterocycles. The van der Waals surface area contributed by atoms with Crippen LogP contribution in [0.5, 0.6) is 0 Å². The zero-order chi connectivity index (χ0) is 27.1. The Morgan fingerprint density at radius 1 is 0.459 bits per heavy atom. The second-order valence-electron chi connectivity index (χ2n) is 11.2. The van der Waals surface area contributed by atoms with Crippen molar-refractivity contribution in [2.24, 2.45) is 5.92 Å². The van der Waals surface area contributed by atoms with Crippen LogP contribution in [-0.2, 0) is 9.59 Å². The number of unbranched alkanes of at least 4 members (excludes halogenated alkanes) is 21. The summed E-state index contributed by atoms with van der Waals surface area (Å²) in [6, 6.07) is 0. The molecule has 0 N–H and O–H groups in total. The fourth-order valence-electron chi connectivity index (χ4n) is 4.52. The molecule has 0 atom stereocenters. The van der Waals surface area contributed by atoms with Crippen molar-refractivity contribution in [1.82, 2.24) is 0 Å². The fourth-order valence-corrected chi connectivity index (χ4v) is 4.52. The van der Waals surface area contributed by atoms with Crippen molar-refractivity contribution < 1.29 is 19.8 Å². The van der Waals surface area contributed by atoms with Gasteiger partial charge in [0.1, 0.15) is 0 Å². The molecule has 217 valence electrons. The first-order valence-corrected chi connectivity index (χ1v) is 15.8. The zero-order valence-electron chi connectivity index (χ0n) is 25.2. The molecule has 37 heavy (non-hydrogen) atoms. The first-order valence-electron chi connectivity index (χ1n) is 15.8. The molecule has 0 heterocycles. The second-order valence-corrected chi connectivity index (χ2v) is 11.2. The van der Waals surface area contributed by atoms with Crippen molar-refractivity contribution in [2.45, 2.75) is 188 Å². The van der Waals surface area contributed by atoms with Crippen LogP contribution >= 0.6 is 0 Å². The van der Waals surface area contributed by atoms with Crippen molar-refractivity contribution in [3.05, 3.63) is 0 Å². The number of hydrogen-bond donors (Lipinski definition) is 0. The number of rotatable bonds is 27. The van der Waals surface area contributed by atoms with Gasteiger partial charge >= 0.3 is 17.4 Å². The predicted octanol–water partition coefficient (Wildman–Crippen LogP) is 7.91. The number of hydrogen-bond acceptors (Lipinski definition) is 4. The molecule has 0 aliphatic rings. The Labute approximate surface area is 242 Å². The molecular weight excluding hydrogens is 475 g/mol. The topological polar surface area (TPSA) is 80.3 Å². The largest absolute Gasteiger partial charge is 2.00 e.